The number of carbonyl (C=O) groups is 1. The molecule has 0 unspecified atom stereocenters. The molecule has 3 fully saturated rings. The minimum absolute atomic E-state index is 0.00268. The SMILES string of the molecule is CCS(=O)(=O)N1CCC(C(=O)N2CCC[C@H](CN3CCC(C)CC3)C2)CC1. The van der Waals surface area contributed by atoms with Gasteiger partial charge in [-0.15, -0.1) is 0 Å². The molecule has 0 aromatic carbocycles. The maximum atomic E-state index is 13.0. The zero-order chi connectivity index (χ0) is 19.4. The minimum atomic E-state index is -3.12. The average molecular weight is 400 g/mol. The third-order valence-corrected chi connectivity index (χ3v) is 8.67. The average Bonchev–Trinajstić information content (AvgIpc) is 2.69. The molecule has 27 heavy (non-hydrogen) atoms. The van der Waals surface area contributed by atoms with Gasteiger partial charge in [0.15, 0.2) is 0 Å². The number of sulfonamides is 1. The number of likely N-dealkylation sites (tertiary alicyclic amines) is 2. The van der Waals surface area contributed by atoms with Gasteiger partial charge < -0.3 is 9.80 Å². The van der Waals surface area contributed by atoms with Gasteiger partial charge in [-0.25, -0.2) is 12.7 Å². The second kappa shape index (κ2) is 9.23. The summed E-state index contributed by atoms with van der Waals surface area (Å²) in [5.74, 6) is 1.86. The smallest absolute Gasteiger partial charge is 0.225 e. The van der Waals surface area contributed by atoms with E-state index in [1.165, 1.54) is 32.4 Å². The summed E-state index contributed by atoms with van der Waals surface area (Å²) in [6.45, 7) is 10.3. The van der Waals surface area contributed by atoms with E-state index < -0.39 is 10.0 Å². The van der Waals surface area contributed by atoms with Crippen molar-refractivity contribution in [3.8, 4) is 0 Å². The Bertz CT molecular complexity index is 594. The fourth-order valence-electron chi connectivity index (χ4n) is 4.85. The molecule has 3 saturated heterocycles. The van der Waals surface area contributed by atoms with Gasteiger partial charge in [0.2, 0.25) is 15.9 Å². The van der Waals surface area contributed by atoms with Crippen molar-refractivity contribution in [1.82, 2.24) is 14.1 Å². The first-order valence-corrected chi connectivity index (χ1v) is 12.5. The summed E-state index contributed by atoms with van der Waals surface area (Å²) in [4.78, 5) is 17.7. The maximum Gasteiger partial charge on any atom is 0.225 e. The van der Waals surface area contributed by atoms with E-state index in [2.05, 4.69) is 16.7 Å². The lowest BCUT2D eigenvalue weighted by Gasteiger charge is -2.40. The van der Waals surface area contributed by atoms with E-state index in [0.717, 1.165) is 32.0 Å². The van der Waals surface area contributed by atoms with Crippen LogP contribution >= 0.6 is 0 Å². The molecule has 0 aliphatic carbocycles. The fraction of sp³-hybridized carbons (Fsp3) is 0.950. The van der Waals surface area contributed by atoms with Crippen molar-refractivity contribution in [1.29, 1.82) is 0 Å². The fourth-order valence-corrected chi connectivity index (χ4v) is 5.98. The Morgan fingerprint density at radius 1 is 0.963 bits per heavy atom. The molecule has 7 heteroatoms. The minimum Gasteiger partial charge on any atom is -0.342 e. The Hall–Kier alpha value is -0.660. The lowest BCUT2D eigenvalue weighted by Crippen LogP contribution is -2.49. The molecule has 3 aliphatic rings. The highest BCUT2D eigenvalue weighted by Crippen LogP contribution is 2.26. The summed E-state index contributed by atoms with van der Waals surface area (Å²) in [5.41, 5.74) is 0. The van der Waals surface area contributed by atoms with E-state index in [4.69, 9.17) is 0 Å². The summed E-state index contributed by atoms with van der Waals surface area (Å²) >= 11 is 0. The summed E-state index contributed by atoms with van der Waals surface area (Å²) < 4.78 is 25.6. The van der Waals surface area contributed by atoms with Crippen LogP contribution in [0.5, 0.6) is 0 Å². The van der Waals surface area contributed by atoms with Gasteiger partial charge in [0.1, 0.15) is 0 Å². The largest absolute Gasteiger partial charge is 0.342 e. The molecule has 0 aromatic heterocycles. The molecular formula is C20H37N3O3S. The molecule has 1 atom stereocenters. The van der Waals surface area contributed by atoms with Crippen LogP contribution in [-0.4, -0.2) is 80.0 Å². The molecule has 1 amide bonds. The van der Waals surface area contributed by atoms with Crippen LogP contribution in [0.4, 0.5) is 0 Å². The molecule has 0 bridgehead atoms. The van der Waals surface area contributed by atoms with Gasteiger partial charge in [0.25, 0.3) is 0 Å². The van der Waals surface area contributed by atoms with Crippen LogP contribution in [0.2, 0.25) is 0 Å². The van der Waals surface area contributed by atoms with Crippen LogP contribution in [0.1, 0.15) is 52.4 Å². The second-order valence-electron chi connectivity index (χ2n) is 8.85. The summed E-state index contributed by atoms with van der Waals surface area (Å²) in [7, 11) is -3.12. The molecule has 3 heterocycles. The zero-order valence-corrected chi connectivity index (χ0v) is 17.9. The predicted octanol–water partition coefficient (Wildman–Crippen LogP) is 2.02. The highest BCUT2D eigenvalue weighted by molar-refractivity contribution is 7.89. The van der Waals surface area contributed by atoms with Gasteiger partial charge >= 0.3 is 0 Å². The Kier molecular flexibility index (Phi) is 7.20. The first-order chi connectivity index (χ1) is 12.9. The Morgan fingerprint density at radius 3 is 2.26 bits per heavy atom. The molecule has 0 aromatic rings. The molecule has 3 aliphatic heterocycles. The van der Waals surface area contributed by atoms with Crippen molar-refractivity contribution in [3.05, 3.63) is 0 Å². The zero-order valence-electron chi connectivity index (χ0n) is 17.1. The third-order valence-electron chi connectivity index (χ3n) is 6.78. The predicted molar refractivity (Wildman–Crippen MR) is 108 cm³/mol. The Balaban J connectivity index is 1.47. The standard InChI is InChI=1S/C20H37N3O3S/c1-3-27(25,26)23-13-8-19(9-14-23)20(24)22-10-4-5-18(16-22)15-21-11-6-17(2)7-12-21/h17-19H,3-16H2,1-2H3/t18-/m1/s1. The second-order valence-corrected chi connectivity index (χ2v) is 11.1. The van der Waals surface area contributed by atoms with Gasteiger partial charge in [0, 0.05) is 38.6 Å². The van der Waals surface area contributed by atoms with E-state index >= 15 is 0 Å². The third kappa shape index (κ3) is 5.45. The van der Waals surface area contributed by atoms with E-state index in [-0.39, 0.29) is 17.6 Å². The molecule has 6 nitrogen and oxygen atoms in total. The lowest BCUT2D eigenvalue weighted by atomic mass is 9.91. The van der Waals surface area contributed by atoms with Crippen LogP contribution in [0.15, 0.2) is 0 Å². The van der Waals surface area contributed by atoms with Crippen LogP contribution < -0.4 is 0 Å². The highest BCUT2D eigenvalue weighted by atomic mass is 32.2. The van der Waals surface area contributed by atoms with E-state index in [1.807, 2.05) is 0 Å². The molecule has 0 radical (unpaired) electrons. The number of rotatable bonds is 5. The number of carbonyl (C=O) groups excluding carboxylic acids is 1. The molecule has 0 spiro atoms. The van der Waals surface area contributed by atoms with Gasteiger partial charge in [0.05, 0.1) is 5.75 Å². The summed E-state index contributed by atoms with van der Waals surface area (Å²) in [6, 6.07) is 0. The van der Waals surface area contributed by atoms with Crippen molar-refractivity contribution in [2.45, 2.75) is 52.4 Å². The topological polar surface area (TPSA) is 60.9 Å². The van der Waals surface area contributed by atoms with E-state index in [1.54, 1.807) is 11.2 Å². The first-order valence-electron chi connectivity index (χ1n) is 10.9. The molecule has 3 rings (SSSR count). The normalized spacial score (nSPS) is 27.8. The van der Waals surface area contributed by atoms with Gasteiger partial charge in [-0.1, -0.05) is 6.92 Å². The van der Waals surface area contributed by atoms with Gasteiger partial charge in [-0.3, -0.25) is 4.79 Å². The van der Waals surface area contributed by atoms with E-state index in [9.17, 15) is 13.2 Å². The number of amides is 1. The first kappa shape index (κ1) is 21.1. The highest BCUT2D eigenvalue weighted by Gasteiger charge is 2.34. The van der Waals surface area contributed by atoms with Crippen molar-refractivity contribution in [3.63, 3.8) is 0 Å². The van der Waals surface area contributed by atoms with Gasteiger partial charge in [-0.2, -0.15) is 0 Å². The quantitative estimate of drug-likeness (QED) is 0.710. The number of hydrogen-bond donors (Lipinski definition) is 0. The molecular weight excluding hydrogens is 362 g/mol. The van der Waals surface area contributed by atoms with Crippen molar-refractivity contribution < 1.29 is 13.2 Å². The molecule has 0 saturated carbocycles. The molecule has 156 valence electrons. The summed E-state index contributed by atoms with van der Waals surface area (Å²) in [5, 5.41) is 0. The Morgan fingerprint density at radius 2 is 1.63 bits per heavy atom. The number of nitrogens with zero attached hydrogens (tertiary/aromatic N) is 3. The van der Waals surface area contributed by atoms with Gasteiger partial charge in [-0.05, 0) is 70.4 Å². The van der Waals surface area contributed by atoms with Crippen LogP contribution in [-0.2, 0) is 14.8 Å². The van der Waals surface area contributed by atoms with Crippen LogP contribution in [0, 0.1) is 17.8 Å². The van der Waals surface area contributed by atoms with Crippen LogP contribution in [0.3, 0.4) is 0 Å². The van der Waals surface area contributed by atoms with Crippen molar-refractivity contribution in [2.75, 3.05) is 51.6 Å². The molecule has 0 N–H and O–H groups in total. The van der Waals surface area contributed by atoms with Crippen molar-refractivity contribution in [2.24, 2.45) is 17.8 Å². The van der Waals surface area contributed by atoms with Crippen LogP contribution in [0.25, 0.3) is 0 Å². The van der Waals surface area contributed by atoms with E-state index in [0.29, 0.717) is 31.8 Å². The number of hydrogen-bond acceptors (Lipinski definition) is 4. The maximum absolute atomic E-state index is 13.0. The monoisotopic (exact) mass is 399 g/mol. The Labute approximate surface area is 165 Å². The number of piperidine rings is 3. The summed E-state index contributed by atoms with van der Waals surface area (Å²) in [6.07, 6.45) is 6.27. The van der Waals surface area contributed by atoms with Crippen molar-refractivity contribution >= 4 is 15.9 Å². The lowest BCUT2D eigenvalue weighted by molar-refractivity contribution is -0.138.